The van der Waals surface area contributed by atoms with Crippen LogP contribution in [0.2, 0.25) is 0 Å². The summed E-state index contributed by atoms with van der Waals surface area (Å²) < 4.78 is 0. The molecule has 2 amide bonds. The van der Waals surface area contributed by atoms with Gasteiger partial charge in [0.05, 0.1) is 17.0 Å². The van der Waals surface area contributed by atoms with E-state index >= 15 is 0 Å². The Labute approximate surface area is 160 Å². The number of carbonyl (C=O) groups is 2. The first-order valence-corrected chi connectivity index (χ1v) is 10.7. The predicted octanol–water partition coefficient (Wildman–Crippen LogP) is 2.60. The van der Waals surface area contributed by atoms with Crippen molar-refractivity contribution in [2.45, 2.75) is 25.7 Å². The van der Waals surface area contributed by atoms with Gasteiger partial charge in [-0.2, -0.15) is 0 Å². The molecule has 26 heavy (non-hydrogen) atoms. The van der Waals surface area contributed by atoms with Crippen LogP contribution in [0.25, 0.3) is 0 Å². The van der Waals surface area contributed by atoms with Crippen LogP contribution in [-0.4, -0.2) is 47.9 Å². The van der Waals surface area contributed by atoms with Crippen molar-refractivity contribution in [2.24, 2.45) is 5.41 Å². The summed E-state index contributed by atoms with van der Waals surface area (Å²) in [6.07, 6.45) is 3.71. The minimum atomic E-state index is -0.154. The van der Waals surface area contributed by atoms with Crippen molar-refractivity contribution in [1.82, 2.24) is 15.2 Å². The van der Waals surface area contributed by atoms with Gasteiger partial charge in [0.25, 0.3) is 5.91 Å². The molecule has 6 nitrogen and oxygen atoms in total. The number of hydrogen-bond acceptors (Lipinski definition) is 6. The number of thiophene rings is 1. The number of thiazole rings is 1. The summed E-state index contributed by atoms with van der Waals surface area (Å²) in [5, 5.41) is 10.5. The van der Waals surface area contributed by atoms with Gasteiger partial charge in [0.1, 0.15) is 0 Å². The molecule has 0 aliphatic carbocycles. The molecule has 0 radical (unpaired) electrons. The van der Waals surface area contributed by atoms with Crippen LogP contribution in [0.5, 0.6) is 0 Å². The van der Waals surface area contributed by atoms with E-state index in [2.05, 4.69) is 15.6 Å². The molecule has 2 saturated heterocycles. The third-order valence-electron chi connectivity index (χ3n) is 5.36. The van der Waals surface area contributed by atoms with Gasteiger partial charge in [0, 0.05) is 25.0 Å². The number of likely N-dealkylation sites (tertiary alicyclic amines) is 1. The number of aromatic nitrogens is 1. The molecule has 2 fully saturated rings. The Morgan fingerprint density at radius 2 is 2.12 bits per heavy atom. The van der Waals surface area contributed by atoms with Gasteiger partial charge in [-0.3, -0.25) is 14.9 Å². The van der Waals surface area contributed by atoms with Crippen LogP contribution < -0.4 is 10.6 Å². The van der Waals surface area contributed by atoms with Gasteiger partial charge in [-0.15, -0.1) is 22.7 Å². The highest BCUT2D eigenvalue weighted by Gasteiger charge is 2.38. The maximum Gasteiger partial charge on any atom is 0.267 e. The van der Waals surface area contributed by atoms with Gasteiger partial charge in [-0.1, -0.05) is 6.07 Å². The largest absolute Gasteiger partial charge is 0.342 e. The van der Waals surface area contributed by atoms with E-state index in [1.807, 2.05) is 21.7 Å². The van der Waals surface area contributed by atoms with Crippen molar-refractivity contribution in [1.29, 1.82) is 0 Å². The number of nitrogens with zero attached hydrogens (tertiary/aromatic N) is 2. The molecule has 8 heteroatoms. The van der Waals surface area contributed by atoms with E-state index in [1.54, 1.807) is 6.07 Å². The van der Waals surface area contributed by atoms with Crippen LogP contribution in [-0.2, 0) is 11.2 Å². The molecule has 2 aromatic rings. The zero-order valence-corrected chi connectivity index (χ0v) is 16.1. The molecule has 0 saturated carbocycles. The smallest absolute Gasteiger partial charge is 0.267 e. The average Bonchev–Trinajstić information content (AvgIpc) is 3.38. The van der Waals surface area contributed by atoms with Gasteiger partial charge in [0.15, 0.2) is 5.13 Å². The zero-order valence-electron chi connectivity index (χ0n) is 14.5. The Hall–Kier alpha value is -1.77. The molecule has 0 unspecified atom stereocenters. The number of nitrogens with one attached hydrogen (secondary N) is 2. The summed E-state index contributed by atoms with van der Waals surface area (Å²) in [4.78, 5) is 31.7. The fourth-order valence-electron chi connectivity index (χ4n) is 3.73. The molecular formula is C18H22N4O2S2. The van der Waals surface area contributed by atoms with Crippen LogP contribution in [0, 0.1) is 5.41 Å². The van der Waals surface area contributed by atoms with Gasteiger partial charge >= 0.3 is 0 Å². The molecule has 4 rings (SSSR count). The van der Waals surface area contributed by atoms with Crippen LogP contribution in [0.15, 0.2) is 22.9 Å². The second kappa shape index (κ2) is 7.46. The summed E-state index contributed by atoms with van der Waals surface area (Å²) in [6, 6.07) is 3.62. The Kier molecular flexibility index (Phi) is 5.06. The minimum Gasteiger partial charge on any atom is -0.342 e. The lowest BCUT2D eigenvalue weighted by Crippen LogP contribution is -2.44. The molecular weight excluding hydrogens is 368 g/mol. The van der Waals surface area contributed by atoms with Gasteiger partial charge in [-0.25, -0.2) is 4.98 Å². The van der Waals surface area contributed by atoms with Crippen molar-refractivity contribution in [3.05, 3.63) is 33.5 Å². The molecule has 2 aliphatic rings. The second-order valence-electron chi connectivity index (χ2n) is 7.06. The quantitative estimate of drug-likeness (QED) is 0.842. The predicted molar refractivity (Wildman–Crippen MR) is 104 cm³/mol. The summed E-state index contributed by atoms with van der Waals surface area (Å²) in [7, 11) is 0. The molecule has 1 spiro atoms. The standard InChI is InChI=1S/C18H22N4O2S2/c23-15(22-7-4-18(5-8-22)3-6-19-12-18)10-13-11-26-17(20-13)21-16(24)14-2-1-9-25-14/h1-2,9,11,19H,3-8,10,12H2,(H,20,21,24). The molecule has 0 aromatic carbocycles. The summed E-state index contributed by atoms with van der Waals surface area (Å²) in [5.41, 5.74) is 1.14. The monoisotopic (exact) mass is 390 g/mol. The number of rotatable bonds is 4. The normalized spacial score (nSPS) is 19.0. The Morgan fingerprint density at radius 1 is 1.27 bits per heavy atom. The van der Waals surface area contributed by atoms with Crippen molar-refractivity contribution < 1.29 is 9.59 Å². The Balaban J connectivity index is 1.30. The van der Waals surface area contributed by atoms with Crippen LogP contribution >= 0.6 is 22.7 Å². The highest BCUT2D eigenvalue weighted by atomic mass is 32.1. The maximum atomic E-state index is 12.6. The second-order valence-corrected chi connectivity index (χ2v) is 8.87. The van der Waals surface area contributed by atoms with E-state index in [1.165, 1.54) is 29.1 Å². The van der Waals surface area contributed by atoms with E-state index in [-0.39, 0.29) is 11.8 Å². The maximum absolute atomic E-state index is 12.6. The highest BCUT2D eigenvalue weighted by Crippen LogP contribution is 2.37. The molecule has 0 bridgehead atoms. The Bertz CT molecular complexity index is 771. The van der Waals surface area contributed by atoms with Crippen LogP contribution in [0.3, 0.4) is 0 Å². The first-order valence-electron chi connectivity index (χ1n) is 8.91. The molecule has 0 atom stereocenters. The minimum absolute atomic E-state index is 0.132. The highest BCUT2D eigenvalue weighted by molar-refractivity contribution is 7.14. The third-order valence-corrected chi connectivity index (χ3v) is 7.03. The lowest BCUT2D eigenvalue weighted by molar-refractivity contribution is -0.132. The zero-order chi connectivity index (χ0) is 18.0. The number of carbonyl (C=O) groups excluding carboxylic acids is 2. The summed E-state index contributed by atoms with van der Waals surface area (Å²) in [6.45, 7) is 3.88. The van der Waals surface area contributed by atoms with E-state index < -0.39 is 0 Å². The molecule has 4 heterocycles. The first-order chi connectivity index (χ1) is 12.6. The first kappa shape index (κ1) is 17.6. The lowest BCUT2D eigenvalue weighted by atomic mass is 9.78. The lowest BCUT2D eigenvalue weighted by Gasteiger charge is -2.38. The fraction of sp³-hybridized carbons (Fsp3) is 0.500. The fourth-order valence-corrected chi connectivity index (χ4v) is 5.06. The molecule has 2 aromatic heterocycles. The number of anilines is 1. The van der Waals surface area contributed by atoms with Crippen molar-refractivity contribution in [3.63, 3.8) is 0 Å². The number of piperidine rings is 1. The number of hydrogen-bond donors (Lipinski definition) is 2. The topological polar surface area (TPSA) is 74.3 Å². The van der Waals surface area contributed by atoms with Crippen LogP contribution in [0.4, 0.5) is 5.13 Å². The van der Waals surface area contributed by atoms with Crippen LogP contribution in [0.1, 0.15) is 34.6 Å². The van der Waals surface area contributed by atoms with E-state index in [0.29, 0.717) is 21.8 Å². The Morgan fingerprint density at radius 3 is 2.81 bits per heavy atom. The van der Waals surface area contributed by atoms with E-state index in [4.69, 9.17) is 0 Å². The molecule has 2 aliphatic heterocycles. The van der Waals surface area contributed by atoms with Gasteiger partial charge in [-0.05, 0) is 42.7 Å². The van der Waals surface area contributed by atoms with Gasteiger partial charge < -0.3 is 10.2 Å². The van der Waals surface area contributed by atoms with E-state index in [0.717, 1.165) is 44.7 Å². The molecule has 138 valence electrons. The van der Waals surface area contributed by atoms with Gasteiger partial charge in [0.2, 0.25) is 5.91 Å². The molecule has 2 N–H and O–H groups in total. The van der Waals surface area contributed by atoms with E-state index in [9.17, 15) is 9.59 Å². The summed E-state index contributed by atoms with van der Waals surface area (Å²) >= 11 is 2.76. The van der Waals surface area contributed by atoms with Crippen molar-refractivity contribution in [3.8, 4) is 0 Å². The SMILES string of the molecule is O=C(Nc1nc(CC(=O)N2CCC3(CCNC3)CC2)cs1)c1cccs1. The summed E-state index contributed by atoms with van der Waals surface area (Å²) in [5.74, 6) is -0.0223. The number of amides is 2. The van der Waals surface area contributed by atoms with Crippen molar-refractivity contribution >= 4 is 39.6 Å². The van der Waals surface area contributed by atoms with Crippen molar-refractivity contribution in [2.75, 3.05) is 31.5 Å². The average molecular weight is 391 g/mol. The third kappa shape index (κ3) is 3.82.